The van der Waals surface area contributed by atoms with E-state index in [0.29, 0.717) is 21.2 Å². The van der Waals surface area contributed by atoms with E-state index in [2.05, 4.69) is 10.2 Å². The maximum absolute atomic E-state index is 10.5. The van der Waals surface area contributed by atoms with Crippen molar-refractivity contribution in [2.24, 2.45) is 10.2 Å². The van der Waals surface area contributed by atoms with Crippen LogP contribution < -0.4 is 0 Å². The summed E-state index contributed by atoms with van der Waals surface area (Å²) < 4.78 is 2.06. The third-order valence-electron chi connectivity index (χ3n) is 2.48. The Morgan fingerprint density at radius 3 is 2.55 bits per heavy atom. The fourth-order valence-corrected chi connectivity index (χ4v) is 2.70. The van der Waals surface area contributed by atoms with E-state index in [-0.39, 0.29) is 11.6 Å². The van der Waals surface area contributed by atoms with Crippen LogP contribution in [0.15, 0.2) is 34.5 Å². The Hall–Kier alpha value is -2.13. The normalized spacial score (nSPS) is 11.1. The fraction of sp³-hybridized carbons (Fsp3) is 0.182. The van der Waals surface area contributed by atoms with Crippen LogP contribution in [0.2, 0.25) is 0 Å². The van der Waals surface area contributed by atoms with E-state index in [1.165, 1.54) is 24.3 Å². The molecule has 1 aromatic carbocycles. The highest BCUT2D eigenvalue weighted by molar-refractivity contribution is 7.73. The molecule has 0 radical (unpaired) electrons. The van der Waals surface area contributed by atoms with Crippen molar-refractivity contribution in [2.75, 3.05) is 0 Å². The molecule has 0 unspecified atom stereocenters. The van der Waals surface area contributed by atoms with Crippen molar-refractivity contribution in [2.45, 2.75) is 13.5 Å². The number of nitrogens with zero attached hydrogens (tertiary/aromatic N) is 4. The van der Waals surface area contributed by atoms with Crippen LogP contribution in [0.1, 0.15) is 6.92 Å². The third kappa shape index (κ3) is 2.89. The number of hydrogen-bond acceptors (Lipinski definition) is 7. The van der Waals surface area contributed by atoms with Gasteiger partial charge in [-0.05, 0) is 31.3 Å². The van der Waals surface area contributed by atoms with Gasteiger partial charge in [-0.25, -0.2) is 0 Å². The van der Waals surface area contributed by atoms with E-state index in [1.807, 2.05) is 6.92 Å². The molecule has 0 spiro atoms. The molecule has 2 rings (SSSR count). The second-order valence-corrected chi connectivity index (χ2v) is 5.34. The summed E-state index contributed by atoms with van der Waals surface area (Å²) in [6.45, 7) is 2.41. The van der Waals surface area contributed by atoms with Crippen molar-refractivity contribution >= 4 is 39.9 Å². The molecule has 0 aliphatic rings. The standard InChI is InChI=1S/C11H10N4O3S2/c1-2-14-10(16)9(20-11(14)19)13-12-7-3-5-8(6-4-7)15(17)18/h3-6,16H,2H2,1H3. The quantitative estimate of drug-likeness (QED) is 0.393. The number of aromatic hydroxyl groups is 1. The van der Waals surface area contributed by atoms with E-state index in [0.717, 1.165) is 11.3 Å². The predicted octanol–water partition coefficient (Wildman–Crippen LogP) is 4.33. The van der Waals surface area contributed by atoms with Gasteiger partial charge in [0.2, 0.25) is 10.9 Å². The minimum atomic E-state index is -0.486. The highest BCUT2D eigenvalue weighted by Gasteiger charge is 2.10. The molecule has 0 atom stereocenters. The molecule has 9 heteroatoms. The summed E-state index contributed by atoms with van der Waals surface area (Å²) in [6, 6.07) is 5.64. The van der Waals surface area contributed by atoms with Crippen molar-refractivity contribution in [3.8, 4) is 5.88 Å². The Labute approximate surface area is 123 Å². The average Bonchev–Trinajstić information content (AvgIpc) is 2.71. The van der Waals surface area contributed by atoms with E-state index < -0.39 is 4.92 Å². The Morgan fingerprint density at radius 2 is 2.05 bits per heavy atom. The predicted molar refractivity (Wildman–Crippen MR) is 77.8 cm³/mol. The summed E-state index contributed by atoms with van der Waals surface area (Å²) in [5.41, 5.74) is 0.442. The molecule has 20 heavy (non-hydrogen) atoms. The zero-order valence-corrected chi connectivity index (χ0v) is 12.0. The van der Waals surface area contributed by atoms with Gasteiger partial charge in [-0.1, -0.05) is 11.3 Å². The molecule has 1 heterocycles. The SMILES string of the molecule is CCn1c(O)c(N=Nc2ccc([N+](=O)[O-])cc2)sc1=S. The summed E-state index contributed by atoms with van der Waals surface area (Å²) in [5.74, 6) is -0.0202. The van der Waals surface area contributed by atoms with Crippen molar-refractivity contribution in [1.82, 2.24) is 4.57 Å². The molecule has 104 valence electrons. The lowest BCUT2D eigenvalue weighted by atomic mass is 10.3. The van der Waals surface area contributed by atoms with Crippen LogP contribution in [0.25, 0.3) is 0 Å². The number of hydrogen-bond donors (Lipinski definition) is 1. The molecule has 0 aliphatic carbocycles. The number of benzene rings is 1. The number of nitro groups is 1. The lowest BCUT2D eigenvalue weighted by Crippen LogP contribution is -1.90. The zero-order chi connectivity index (χ0) is 14.7. The highest BCUT2D eigenvalue weighted by atomic mass is 32.1. The van der Waals surface area contributed by atoms with Crippen LogP contribution in [0.4, 0.5) is 16.4 Å². The summed E-state index contributed by atoms with van der Waals surface area (Å²) >= 11 is 6.23. The van der Waals surface area contributed by atoms with Crippen molar-refractivity contribution in [1.29, 1.82) is 0 Å². The van der Waals surface area contributed by atoms with Crippen molar-refractivity contribution in [3.63, 3.8) is 0 Å². The first-order chi connectivity index (χ1) is 9.52. The third-order valence-corrected chi connectivity index (χ3v) is 3.81. The molecule has 0 aliphatic heterocycles. The van der Waals surface area contributed by atoms with Gasteiger partial charge in [0.1, 0.15) is 0 Å². The second kappa shape index (κ2) is 5.88. The monoisotopic (exact) mass is 310 g/mol. The fourth-order valence-electron chi connectivity index (χ4n) is 1.47. The summed E-state index contributed by atoms with van der Waals surface area (Å²) in [6.07, 6.45) is 0. The number of aromatic nitrogens is 1. The maximum Gasteiger partial charge on any atom is 0.269 e. The molecular weight excluding hydrogens is 300 g/mol. The molecular formula is C11H10N4O3S2. The molecule has 1 N–H and O–H groups in total. The Balaban J connectivity index is 2.25. The average molecular weight is 310 g/mol. The topological polar surface area (TPSA) is 93.0 Å². The van der Waals surface area contributed by atoms with Crippen LogP contribution in [-0.2, 0) is 6.54 Å². The summed E-state index contributed by atoms with van der Waals surface area (Å²) in [4.78, 5) is 10.0. The van der Waals surface area contributed by atoms with E-state index in [4.69, 9.17) is 12.2 Å². The van der Waals surface area contributed by atoms with E-state index >= 15 is 0 Å². The van der Waals surface area contributed by atoms with Gasteiger partial charge in [-0.2, -0.15) is 0 Å². The summed E-state index contributed by atoms with van der Waals surface area (Å²) in [7, 11) is 0. The molecule has 2 aromatic rings. The van der Waals surface area contributed by atoms with Gasteiger partial charge in [-0.3, -0.25) is 14.7 Å². The number of azo groups is 1. The van der Waals surface area contributed by atoms with Gasteiger partial charge in [0, 0.05) is 18.7 Å². The number of non-ortho nitro benzene ring substituents is 1. The van der Waals surface area contributed by atoms with Crippen molar-refractivity contribution in [3.05, 3.63) is 38.3 Å². The van der Waals surface area contributed by atoms with Crippen LogP contribution >= 0.6 is 23.6 Å². The van der Waals surface area contributed by atoms with Gasteiger partial charge < -0.3 is 5.11 Å². The lowest BCUT2D eigenvalue weighted by molar-refractivity contribution is -0.384. The first-order valence-electron chi connectivity index (χ1n) is 5.61. The Bertz CT molecular complexity index is 718. The molecule has 0 bridgehead atoms. The minimum absolute atomic E-state index is 0.0143. The molecule has 0 amide bonds. The lowest BCUT2D eigenvalue weighted by Gasteiger charge is -1.97. The Kier molecular flexibility index (Phi) is 4.20. The van der Waals surface area contributed by atoms with Crippen LogP contribution in [0, 0.1) is 14.1 Å². The minimum Gasteiger partial charge on any atom is -0.492 e. The first-order valence-corrected chi connectivity index (χ1v) is 6.84. The van der Waals surface area contributed by atoms with E-state index in [1.54, 1.807) is 4.57 Å². The first kappa shape index (κ1) is 14.3. The van der Waals surface area contributed by atoms with Crippen LogP contribution in [-0.4, -0.2) is 14.6 Å². The van der Waals surface area contributed by atoms with E-state index in [9.17, 15) is 15.2 Å². The number of rotatable bonds is 4. The van der Waals surface area contributed by atoms with Gasteiger partial charge >= 0.3 is 0 Å². The number of nitro benzene ring substituents is 1. The smallest absolute Gasteiger partial charge is 0.269 e. The second-order valence-electron chi connectivity index (χ2n) is 3.71. The highest BCUT2D eigenvalue weighted by Crippen LogP contribution is 2.35. The molecule has 0 saturated carbocycles. The largest absolute Gasteiger partial charge is 0.492 e. The molecule has 0 saturated heterocycles. The molecule has 1 aromatic heterocycles. The summed E-state index contributed by atoms with van der Waals surface area (Å²) in [5, 5.41) is 28.5. The van der Waals surface area contributed by atoms with Gasteiger partial charge in [0.15, 0.2) is 3.95 Å². The van der Waals surface area contributed by atoms with Crippen LogP contribution in [0.3, 0.4) is 0 Å². The molecule has 0 fully saturated rings. The van der Waals surface area contributed by atoms with Crippen LogP contribution in [0.5, 0.6) is 5.88 Å². The van der Waals surface area contributed by atoms with Gasteiger partial charge in [0.05, 0.1) is 10.6 Å². The van der Waals surface area contributed by atoms with Gasteiger partial charge in [-0.15, -0.1) is 10.2 Å². The van der Waals surface area contributed by atoms with Crippen molar-refractivity contribution < 1.29 is 10.0 Å². The van der Waals surface area contributed by atoms with Gasteiger partial charge in [0.25, 0.3) is 5.69 Å². The molecule has 7 nitrogen and oxygen atoms in total. The zero-order valence-electron chi connectivity index (χ0n) is 10.4. The maximum atomic E-state index is 10.5. The number of thiazole rings is 1. The Morgan fingerprint density at radius 1 is 1.40 bits per heavy atom.